The summed E-state index contributed by atoms with van der Waals surface area (Å²) in [5.41, 5.74) is 0.308. The molecule has 0 bridgehead atoms. The van der Waals surface area contributed by atoms with Crippen LogP contribution >= 0.6 is 0 Å². The maximum absolute atomic E-state index is 10.7. The zero-order valence-corrected chi connectivity index (χ0v) is 7.73. The smallest absolute Gasteiger partial charge is 0.335 e. The fourth-order valence-corrected chi connectivity index (χ4v) is 1.53. The van der Waals surface area contributed by atoms with Crippen LogP contribution in [-0.2, 0) is 0 Å². The van der Waals surface area contributed by atoms with E-state index < -0.39 is 5.97 Å². The summed E-state index contributed by atoms with van der Waals surface area (Å²) >= 11 is 0. The third-order valence-electron chi connectivity index (χ3n) is 2.29. The largest absolute Gasteiger partial charge is 0.478 e. The molecule has 14 heavy (non-hydrogen) atoms. The molecule has 1 aromatic rings. The predicted octanol–water partition coefficient (Wildman–Crippen LogP) is 0.579. The average Bonchev–Trinajstić information content (AvgIpc) is 2.41. The van der Waals surface area contributed by atoms with Crippen LogP contribution in [0, 0.1) is 0 Å². The summed E-state index contributed by atoms with van der Waals surface area (Å²) in [6, 6.07) is 5.09. The lowest BCUT2D eigenvalue weighted by atomic mass is 10.1. The Labute approximate surface area is 81.4 Å². The number of carboxylic acid groups (broad SMARTS) is 1. The van der Waals surface area contributed by atoms with E-state index in [2.05, 4.69) is 11.1 Å². The molecule has 0 aromatic heterocycles. The molecule has 2 rings (SSSR count). The van der Waals surface area contributed by atoms with E-state index in [1.807, 2.05) is 6.07 Å². The monoisotopic (exact) mass is 189 g/mol. The first-order chi connectivity index (χ1) is 6.77. The first-order valence-electron chi connectivity index (χ1n) is 4.65. The van der Waals surface area contributed by atoms with Crippen LogP contribution in [0.1, 0.15) is 23.2 Å². The summed E-state index contributed by atoms with van der Waals surface area (Å²) in [4.78, 5) is 15.1. The van der Waals surface area contributed by atoms with E-state index in [9.17, 15) is 4.79 Å². The van der Waals surface area contributed by atoms with E-state index in [-0.39, 0.29) is 0 Å². The van der Waals surface area contributed by atoms with Gasteiger partial charge < -0.3 is 5.11 Å². The molecule has 1 aliphatic rings. The van der Waals surface area contributed by atoms with E-state index in [1.54, 1.807) is 12.1 Å². The van der Waals surface area contributed by atoms with Gasteiger partial charge in [-0.15, -0.1) is 0 Å². The Balaban J connectivity index is 2.64. The molecule has 3 heteroatoms. The third-order valence-corrected chi connectivity index (χ3v) is 2.29. The summed E-state index contributed by atoms with van der Waals surface area (Å²) in [6.07, 6.45) is 4.16. The number of rotatable bonds is 1. The van der Waals surface area contributed by atoms with Gasteiger partial charge in [0.15, 0.2) is 0 Å². The van der Waals surface area contributed by atoms with Crippen LogP contribution in [0.2, 0.25) is 0 Å². The molecule has 0 saturated carbocycles. The quantitative estimate of drug-likeness (QED) is 0.702. The van der Waals surface area contributed by atoms with E-state index in [0.29, 0.717) is 5.56 Å². The summed E-state index contributed by atoms with van der Waals surface area (Å²) in [5, 5.41) is 10.7. The molecular weight excluding hydrogens is 178 g/mol. The number of aromatic carboxylic acids is 1. The number of nitrogens with zero attached hydrogens (tertiary/aromatic N) is 1. The molecule has 0 radical (unpaired) electrons. The molecule has 0 aliphatic carbocycles. The van der Waals surface area contributed by atoms with E-state index >= 15 is 0 Å². The number of hydrogen-bond donors (Lipinski definition) is 1. The molecule has 0 unspecified atom stereocenters. The highest BCUT2D eigenvalue weighted by molar-refractivity contribution is 5.87. The predicted molar refractivity (Wildman–Crippen MR) is 52.7 cm³/mol. The first kappa shape index (κ1) is 8.94. The number of hydrogen-bond acceptors (Lipinski definition) is 2. The van der Waals surface area contributed by atoms with Crippen LogP contribution in [0.25, 0.3) is 6.08 Å². The second-order valence-corrected chi connectivity index (χ2v) is 3.31. The van der Waals surface area contributed by atoms with Gasteiger partial charge in [-0.3, -0.25) is 4.99 Å². The van der Waals surface area contributed by atoms with Gasteiger partial charge in [0.2, 0.25) is 0 Å². The third kappa shape index (κ3) is 1.66. The van der Waals surface area contributed by atoms with Gasteiger partial charge >= 0.3 is 5.97 Å². The highest BCUT2D eigenvalue weighted by Gasteiger charge is 2.02. The summed E-state index contributed by atoms with van der Waals surface area (Å²) in [6.45, 7) is 0.784. The number of fused-ring (bicyclic) bond motifs is 1. The number of carbonyl (C=O) groups is 1. The Morgan fingerprint density at radius 3 is 3.07 bits per heavy atom. The minimum absolute atomic E-state index is 0.308. The van der Waals surface area contributed by atoms with Gasteiger partial charge in [0.1, 0.15) is 0 Å². The van der Waals surface area contributed by atoms with Gasteiger partial charge in [-0.05, 0) is 30.2 Å². The Kier molecular flexibility index (Phi) is 2.31. The molecule has 1 N–H and O–H groups in total. The highest BCUT2D eigenvalue weighted by atomic mass is 16.4. The van der Waals surface area contributed by atoms with Crippen LogP contribution in [0.3, 0.4) is 0 Å². The van der Waals surface area contributed by atoms with Crippen LogP contribution in [-0.4, -0.2) is 17.6 Å². The van der Waals surface area contributed by atoms with Crippen molar-refractivity contribution in [1.82, 2.24) is 0 Å². The summed E-state index contributed by atoms with van der Waals surface area (Å²) < 4.78 is 0. The first-order valence-corrected chi connectivity index (χ1v) is 4.65. The number of carboxylic acids is 1. The molecule has 0 saturated heterocycles. The van der Waals surface area contributed by atoms with Gasteiger partial charge in [0.05, 0.1) is 10.9 Å². The van der Waals surface area contributed by atoms with Crippen molar-refractivity contribution >= 4 is 12.0 Å². The fraction of sp³-hybridized carbons (Fsp3) is 0.273. The normalized spacial score (nSPS) is 14.6. The molecule has 1 heterocycles. The minimum atomic E-state index is -0.896. The minimum Gasteiger partial charge on any atom is -0.478 e. The molecule has 72 valence electrons. The van der Waals surface area contributed by atoms with Crippen LogP contribution < -0.4 is 10.6 Å². The van der Waals surface area contributed by atoms with Crippen molar-refractivity contribution in [1.29, 1.82) is 0 Å². The van der Waals surface area contributed by atoms with Gasteiger partial charge in [0, 0.05) is 6.54 Å². The second kappa shape index (κ2) is 3.62. The zero-order valence-electron chi connectivity index (χ0n) is 7.73. The molecule has 1 aromatic carbocycles. The van der Waals surface area contributed by atoms with E-state index in [0.717, 1.165) is 30.0 Å². The van der Waals surface area contributed by atoms with Crippen molar-refractivity contribution in [3.05, 3.63) is 34.3 Å². The van der Waals surface area contributed by atoms with E-state index in [1.165, 1.54) is 0 Å². The number of benzene rings is 1. The molecule has 0 amide bonds. The maximum atomic E-state index is 10.7. The van der Waals surface area contributed by atoms with Gasteiger partial charge in [0.25, 0.3) is 0 Å². The van der Waals surface area contributed by atoms with Gasteiger partial charge in [-0.1, -0.05) is 12.1 Å². The molecule has 1 aliphatic heterocycles. The lowest BCUT2D eigenvalue weighted by molar-refractivity contribution is 0.0696. The lowest BCUT2D eigenvalue weighted by Crippen LogP contribution is -2.25. The van der Waals surface area contributed by atoms with Gasteiger partial charge in [-0.25, -0.2) is 4.79 Å². The standard InChI is InChI=1S/C11H11NO2/c13-11(14)9-5-4-8-3-1-2-6-12-10(8)7-9/h3-5,7H,1-2,6H2,(H,13,14). The van der Waals surface area contributed by atoms with Crippen LogP contribution in [0.15, 0.2) is 23.2 Å². The molecule has 0 atom stereocenters. The highest BCUT2D eigenvalue weighted by Crippen LogP contribution is 1.95. The Bertz CT molecular complexity index is 477. The van der Waals surface area contributed by atoms with Crippen LogP contribution in [0.5, 0.6) is 0 Å². The molecular formula is C11H11NO2. The topological polar surface area (TPSA) is 49.7 Å². The van der Waals surface area contributed by atoms with Crippen molar-refractivity contribution in [2.45, 2.75) is 12.8 Å². The Morgan fingerprint density at radius 1 is 1.43 bits per heavy atom. The molecule has 0 spiro atoms. The van der Waals surface area contributed by atoms with E-state index in [4.69, 9.17) is 5.11 Å². The Hall–Kier alpha value is -1.64. The van der Waals surface area contributed by atoms with Crippen molar-refractivity contribution in [3.63, 3.8) is 0 Å². The lowest BCUT2D eigenvalue weighted by Gasteiger charge is -1.93. The second-order valence-electron chi connectivity index (χ2n) is 3.31. The summed E-state index contributed by atoms with van der Waals surface area (Å²) in [5.74, 6) is -0.896. The van der Waals surface area contributed by atoms with Crippen molar-refractivity contribution in [3.8, 4) is 0 Å². The SMILES string of the molecule is O=C(O)c1ccc2c(c1)=NCCCC=2. The Morgan fingerprint density at radius 2 is 2.29 bits per heavy atom. The fourth-order valence-electron chi connectivity index (χ4n) is 1.53. The van der Waals surface area contributed by atoms with Crippen LogP contribution in [0.4, 0.5) is 0 Å². The molecule has 3 nitrogen and oxygen atoms in total. The van der Waals surface area contributed by atoms with Crippen molar-refractivity contribution < 1.29 is 9.90 Å². The zero-order chi connectivity index (χ0) is 9.97. The maximum Gasteiger partial charge on any atom is 0.335 e. The van der Waals surface area contributed by atoms with Crippen molar-refractivity contribution in [2.24, 2.45) is 4.99 Å². The molecule has 0 fully saturated rings. The van der Waals surface area contributed by atoms with Gasteiger partial charge in [-0.2, -0.15) is 0 Å². The average molecular weight is 189 g/mol. The van der Waals surface area contributed by atoms with Crippen molar-refractivity contribution in [2.75, 3.05) is 6.54 Å². The summed E-state index contributed by atoms with van der Waals surface area (Å²) in [7, 11) is 0.